The maximum absolute atomic E-state index is 14.4. The number of halogens is 12. The summed E-state index contributed by atoms with van der Waals surface area (Å²) < 4.78 is 231. The van der Waals surface area contributed by atoms with Crippen LogP contribution in [-0.4, -0.2) is 41.5 Å². The van der Waals surface area contributed by atoms with Gasteiger partial charge >= 0.3 is 35.9 Å². The number of rotatable bonds is 8. The topological polar surface area (TPSA) is 86.7 Å². The van der Waals surface area contributed by atoms with Gasteiger partial charge < -0.3 is 0 Å². The van der Waals surface area contributed by atoms with E-state index in [1.165, 1.54) is 13.8 Å². The Bertz CT molecular complexity index is 1620. The van der Waals surface area contributed by atoms with E-state index in [0.29, 0.717) is 24.3 Å². The van der Waals surface area contributed by atoms with E-state index in [2.05, 4.69) is 8.37 Å². The quantitative estimate of drug-likeness (QED) is 0.175. The summed E-state index contributed by atoms with van der Waals surface area (Å²) in [5.41, 5.74) is -17.0. The normalized spacial score (nSPS) is 14.4. The summed E-state index contributed by atoms with van der Waals surface area (Å²) in [7, 11) is -12.3. The van der Waals surface area contributed by atoms with Crippen LogP contribution in [0.5, 0.6) is 0 Å². The van der Waals surface area contributed by atoms with Crippen LogP contribution in [0.15, 0.2) is 82.6 Å². The van der Waals surface area contributed by atoms with Crippen molar-refractivity contribution in [2.45, 2.75) is 59.5 Å². The first-order chi connectivity index (χ1) is 20.6. The molecule has 0 saturated carbocycles. The minimum Gasteiger partial charge on any atom is -0.235 e. The molecule has 46 heavy (non-hydrogen) atoms. The molecule has 0 N–H and O–H groups in total. The Kier molecular flexibility index (Phi) is 9.44. The third-order valence-electron chi connectivity index (χ3n) is 6.36. The van der Waals surface area contributed by atoms with Gasteiger partial charge in [-0.15, -0.1) is 0 Å². The molecule has 0 unspecified atom stereocenters. The second kappa shape index (κ2) is 11.7. The highest BCUT2D eigenvalue weighted by molar-refractivity contribution is 7.87. The highest BCUT2D eigenvalue weighted by atomic mass is 32.2. The van der Waals surface area contributed by atoms with Gasteiger partial charge in [-0.3, -0.25) is 0 Å². The Morgan fingerprint density at radius 2 is 0.717 bits per heavy atom. The lowest BCUT2D eigenvalue weighted by Crippen LogP contribution is -2.58. The molecule has 6 nitrogen and oxygen atoms in total. The Balaban J connectivity index is 2.42. The molecule has 0 bridgehead atoms. The summed E-state index contributed by atoms with van der Waals surface area (Å²) in [5, 5.41) is 0. The summed E-state index contributed by atoms with van der Waals surface area (Å²) in [4.78, 5) is -2.58. The molecule has 0 aliphatic carbocycles. The summed E-state index contributed by atoms with van der Waals surface area (Å²) in [6.45, 7) is 2.71. The zero-order chi connectivity index (χ0) is 35.4. The van der Waals surface area contributed by atoms with Crippen LogP contribution in [-0.2, 0) is 39.8 Å². The molecule has 0 atom stereocenters. The minimum absolute atomic E-state index is 0.160. The van der Waals surface area contributed by atoms with Crippen molar-refractivity contribution in [1.29, 1.82) is 0 Å². The van der Waals surface area contributed by atoms with Crippen molar-refractivity contribution in [3.05, 3.63) is 95.1 Å². The van der Waals surface area contributed by atoms with Crippen LogP contribution in [0.25, 0.3) is 0 Å². The molecule has 254 valence electrons. The fourth-order valence-corrected chi connectivity index (χ4v) is 6.41. The monoisotopic (exact) mass is 718 g/mol. The van der Waals surface area contributed by atoms with Gasteiger partial charge in [-0.1, -0.05) is 53.6 Å². The van der Waals surface area contributed by atoms with Crippen LogP contribution in [0.3, 0.4) is 0 Å². The van der Waals surface area contributed by atoms with Crippen LogP contribution in [0.2, 0.25) is 0 Å². The summed E-state index contributed by atoms with van der Waals surface area (Å²) in [6, 6.07) is 4.10. The van der Waals surface area contributed by atoms with Crippen molar-refractivity contribution >= 4 is 20.2 Å². The molecule has 0 fully saturated rings. The van der Waals surface area contributed by atoms with Crippen molar-refractivity contribution in [3.8, 4) is 0 Å². The summed E-state index contributed by atoms with van der Waals surface area (Å²) in [6.07, 6.45) is -27.7. The molecule has 0 saturated heterocycles. The van der Waals surface area contributed by atoms with E-state index in [0.717, 1.165) is 24.3 Å². The molecule has 3 aromatic rings. The van der Waals surface area contributed by atoms with Crippen molar-refractivity contribution in [2.75, 3.05) is 0 Å². The lowest BCUT2D eigenvalue weighted by molar-refractivity contribution is -0.366. The van der Waals surface area contributed by atoms with Gasteiger partial charge in [-0.2, -0.15) is 69.5 Å². The molecule has 0 spiro atoms. The number of aryl methyl sites for hydroxylation is 2. The SMILES string of the molecule is Cc1ccc(S(=O)(=O)OC(c2cccc(C(OS(=O)(=O)c3ccc(C)cc3)(C(F)(F)F)C(F)(F)F)c2)(C(F)(F)F)C(F)(F)F)cc1. The van der Waals surface area contributed by atoms with E-state index in [4.69, 9.17) is 0 Å². The highest BCUT2D eigenvalue weighted by Crippen LogP contribution is 2.58. The van der Waals surface area contributed by atoms with Gasteiger partial charge in [0, 0.05) is 11.1 Å². The molecular weight excluding hydrogens is 700 g/mol. The first-order valence-electron chi connectivity index (χ1n) is 12.0. The predicted molar refractivity (Wildman–Crippen MR) is 133 cm³/mol. The van der Waals surface area contributed by atoms with Crippen molar-refractivity contribution in [1.82, 2.24) is 0 Å². The Morgan fingerprint density at radius 3 is 0.957 bits per heavy atom. The van der Waals surface area contributed by atoms with Crippen molar-refractivity contribution in [3.63, 3.8) is 0 Å². The average molecular weight is 719 g/mol. The van der Waals surface area contributed by atoms with Crippen molar-refractivity contribution < 1.29 is 77.9 Å². The third-order valence-corrected chi connectivity index (χ3v) is 9.00. The maximum atomic E-state index is 14.4. The van der Waals surface area contributed by atoms with E-state index in [1.807, 2.05) is 0 Å². The van der Waals surface area contributed by atoms with Crippen LogP contribution >= 0.6 is 0 Å². The third kappa shape index (κ3) is 6.56. The average Bonchev–Trinajstić information content (AvgIpc) is 2.88. The molecule has 3 rings (SSSR count). The standard InChI is InChI=1S/C26H18F12O6S2/c1-15-6-10-19(11-7-15)45(39,40)43-21(23(27,28)29,24(30,31)32)17-4-3-5-18(14-17)22(25(33,34)35,26(36,37)38)44-46(41,42)20-12-8-16(2)9-13-20/h3-14H,1-2H3. The number of alkyl halides is 12. The molecule has 0 aromatic heterocycles. The molecule has 20 heteroatoms. The minimum atomic E-state index is -6.93. The summed E-state index contributed by atoms with van der Waals surface area (Å²) >= 11 is 0. The van der Waals surface area contributed by atoms with E-state index in [-0.39, 0.29) is 29.3 Å². The molecule has 0 aliphatic rings. The van der Waals surface area contributed by atoms with E-state index >= 15 is 0 Å². The second-order valence-corrected chi connectivity index (χ2v) is 12.7. The van der Waals surface area contributed by atoms with Crippen molar-refractivity contribution in [2.24, 2.45) is 0 Å². The lowest BCUT2D eigenvalue weighted by atomic mass is 9.85. The van der Waals surface area contributed by atoms with Crippen LogP contribution < -0.4 is 0 Å². The zero-order valence-electron chi connectivity index (χ0n) is 22.7. The van der Waals surface area contributed by atoms with E-state index in [1.54, 1.807) is 0 Å². The zero-order valence-corrected chi connectivity index (χ0v) is 24.4. The van der Waals surface area contributed by atoms with Gasteiger partial charge in [-0.05, 0) is 44.2 Å². The first kappa shape index (κ1) is 37.1. The predicted octanol–water partition coefficient (Wildman–Crippen LogP) is 7.75. The molecule has 0 heterocycles. The van der Waals surface area contributed by atoms with Crippen LogP contribution in [0.4, 0.5) is 52.7 Å². The number of benzene rings is 3. The van der Waals surface area contributed by atoms with Gasteiger partial charge in [0.1, 0.15) is 0 Å². The van der Waals surface area contributed by atoms with E-state index in [9.17, 15) is 69.5 Å². The van der Waals surface area contributed by atoms with Gasteiger partial charge in [-0.25, -0.2) is 8.37 Å². The Hall–Kier alpha value is -3.36. The molecule has 0 aliphatic heterocycles. The van der Waals surface area contributed by atoms with Crippen LogP contribution in [0.1, 0.15) is 22.3 Å². The molecule has 0 radical (unpaired) electrons. The highest BCUT2D eigenvalue weighted by Gasteiger charge is 2.78. The van der Waals surface area contributed by atoms with Gasteiger partial charge in [0.2, 0.25) is 0 Å². The maximum Gasteiger partial charge on any atom is 0.432 e. The van der Waals surface area contributed by atoms with E-state index < -0.39 is 83.1 Å². The van der Waals surface area contributed by atoms with Crippen LogP contribution in [0, 0.1) is 13.8 Å². The number of hydrogen-bond acceptors (Lipinski definition) is 6. The smallest absolute Gasteiger partial charge is 0.235 e. The number of hydrogen-bond donors (Lipinski definition) is 0. The second-order valence-electron chi connectivity index (χ2n) is 9.64. The van der Waals surface area contributed by atoms with Gasteiger partial charge in [0.05, 0.1) is 9.79 Å². The fourth-order valence-electron chi connectivity index (χ4n) is 4.05. The first-order valence-corrected chi connectivity index (χ1v) is 14.9. The van der Waals surface area contributed by atoms with Gasteiger partial charge in [0.15, 0.2) is 0 Å². The largest absolute Gasteiger partial charge is 0.432 e. The van der Waals surface area contributed by atoms with Gasteiger partial charge in [0.25, 0.3) is 20.2 Å². The Labute approximate surface area is 252 Å². The molecule has 3 aromatic carbocycles. The molecular formula is C26H18F12O6S2. The summed E-state index contributed by atoms with van der Waals surface area (Å²) in [5.74, 6) is 0. The fraction of sp³-hybridized carbons (Fsp3) is 0.308. The lowest BCUT2D eigenvalue weighted by Gasteiger charge is -2.39. The Morgan fingerprint density at radius 1 is 0.457 bits per heavy atom. The molecule has 0 amide bonds.